The van der Waals surface area contributed by atoms with Crippen LogP contribution in [0.5, 0.6) is 0 Å². The molecule has 0 N–H and O–H groups in total. The molecule has 0 bridgehead atoms. The summed E-state index contributed by atoms with van der Waals surface area (Å²) < 4.78 is 0. The van der Waals surface area contributed by atoms with Crippen molar-refractivity contribution in [2.75, 3.05) is 26.7 Å². The summed E-state index contributed by atoms with van der Waals surface area (Å²) in [6.07, 6.45) is 2.58. The van der Waals surface area contributed by atoms with Crippen LogP contribution in [-0.4, -0.2) is 48.4 Å². The van der Waals surface area contributed by atoms with Crippen LogP contribution in [0.15, 0.2) is 0 Å². The Kier molecular flexibility index (Phi) is 2.28. The second-order valence-electron chi connectivity index (χ2n) is 4.52. The van der Waals surface area contributed by atoms with Crippen LogP contribution in [-0.2, 0) is 4.79 Å². The third kappa shape index (κ3) is 1.70. The quantitative estimate of drug-likeness (QED) is 0.591. The monoisotopic (exact) mass is 182 g/mol. The Morgan fingerprint density at radius 1 is 1.31 bits per heavy atom. The van der Waals surface area contributed by atoms with E-state index in [0.717, 1.165) is 19.0 Å². The number of rotatable bonds is 1. The summed E-state index contributed by atoms with van der Waals surface area (Å²) in [7, 11) is 1.89. The Labute approximate surface area is 79.7 Å². The van der Waals surface area contributed by atoms with E-state index in [9.17, 15) is 4.79 Å². The molecule has 0 spiro atoms. The van der Waals surface area contributed by atoms with Crippen LogP contribution in [0, 0.1) is 5.92 Å². The minimum absolute atomic E-state index is 0.283. The van der Waals surface area contributed by atoms with Gasteiger partial charge in [-0.05, 0) is 18.8 Å². The van der Waals surface area contributed by atoms with Gasteiger partial charge in [0.25, 0.3) is 0 Å². The molecule has 1 saturated carbocycles. The zero-order chi connectivity index (χ0) is 9.42. The highest BCUT2D eigenvalue weighted by Crippen LogP contribution is 2.31. The number of carbonyl (C=O) groups excluding carboxylic acids is 1. The Balaban J connectivity index is 1.85. The lowest BCUT2D eigenvalue weighted by Crippen LogP contribution is -2.55. The van der Waals surface area contributed by atoms with Crippen molar-refractivity contribution in [2.45, 2.75) is 25.8 Å². The molecule has 0 aromatic rings. The SMILES string of the molecule is CC1CC(N2CCN(C)C(=O)C2)C1. The number of hydrogen-bond acceptors (Lipinski definition) is 2. The molecule has 0 aromatic carbocycles. The number of hydrogen-bond donors (Lipinski definition) is 0. The summed E-state index contributed by atoms with van der Waals surface area (Å²) >= 11 is 0. The largest absolute Gasteiger partial charge is 0.343 e. The Hall–Kier alpha value is -0.570. The lowest BCUT2D eigenvalue weighted by atomic mass is 9.80. The van der Waals surface area contributed by atoms with Gasteiger partial charge in [0.15, 0.2) is 0 Å². The molecule has 74 valence electrons. The maximum absolute atomic E-state index is 11.4. The van der Waals surface area contributed by atoms with Gasteiger partial charge in [0.05, 0.1) is 6.54 Å². The molecule has 1 aliphatic carbocycles. The Morgan fingerprint density at radius 3 is 2.54 bits per heavy atom. The van der Waals surface area contributed by atoms with Gasteiger partial charge in [0, 0.05) is 26.2 Å². The molecule has 1 heterocycles. The molecule has 2 rings (SSSR count). The molecular formula is C10H18N2O. The molecule has 0 aromatic heterocycles. The molecule has 3 nitrogen and oxygen atoms in total. The van der Waals surface area contributed by atoms with Crippen molar-refractivity contribution in [3.05, 3.63) is 0 Å². The number of likely N-dealkylation sites (N-methyl/N-ethyl adjacent to an activating group) is 1. The third-order valence-corrected chi connectivity index (χ3v) is 3.35. The normalized spacial score (nSPS) is 36.2. The van der Waals surface area contributed by atoms with Crippen molar-refractivity contribution in [1.82, 2.24) is 9.80 Å². The summed E-state index contributed by atoms with van der Waals surface area (Å²) in [5.41, 5.74) is 0. The first-order chi connectivity index (χ1) is 6.16. The molecular weight excluding hydrogens is 164 g/mol. The Morgan fingerprint density at radius 2 is 2.00 bits per heavy atom. The van der Waals surface area contributed by atoms with Crippen molar-refractivity contribution in [1.29, 1.82) is 0 Å². The van der Waals surface area contributed by atoms with Gasteiger partial charge < -0.3 is 4.90 Å². The minimum atomic E-state index is 0.283. The second-order valence-corrected chi connectivity index (χ2v) is 4.52. The van der Waals surface area contributed by atoms with E-state index in [1.165, 1.54) is 12.8 Å². The number of piperazine rings is 1. The first-order valence-electron chi connectivity index (χ1n) is 5.15. The van der Waals surface area contributed by atoms with Crippen LogP contribution >= 0.6 is 0 Å². The summed E-state index contributed by atoms with van der Waals surface area (Å²) in [5.74, 6) is 1.16. The molecule has 0 unspecified atom stereocenters. The van der Waals surface area contributed by atoms with Gasteiger partial charge in [0.1, 0.15) is 0 Å². The van der Waals surface area contributed by atoms with Crippen LogP contribution in [0.4, 0.5) is 0 Å². The lowest BCUT2D eigenvalue weighted by Gasteiger charge is -2.44. The van der Waals surface area contributed by atoms with Crippen LogP contribution < -0.4 is 0 Å². The standard InChI is InChI=1S/C10H18N2O/c1-8-5-9(6-8)12-4-3-11(2)10(13)7-12/h8-9H,3-7H2,1-2H3. The van der Waals surface area contributed by atoms with E-state index < -0.39 is 0 Å². The van der Waals surface area contributed by atoms with Gasteiger partial charge in [-0.1, -0.05) is 6.92 Å². The predicted octanol–water partition coefficient (Wildman–Crippen LogP) is 0.559. The summed E-state index contributed by atoms with van der Waals surface area (Å²) in [4.78, 5) is 15.6. The van der Waals surface area contributed by atoms with Gasteiger partial charge in [-0.25, -0.2) is 0 Å². The van der Waals surface area contributed by atoms with E-state index in [2.05, 4.69) is 11.8 Å². The summed E-state index contributed by atoms with van der Waals surface area (Å²) in [6.45, 7) is 4.91. The fourth-order valence-corrected chi connectivity index (χ4v) is 2.25. The van der Waals surface area contributed by atoms with Crippen molar-refractivity contribution in [3.63, 3.8) is 0 Å². The first-order valence-corrected chi connectivity index (χ1v) is 5.15. The highest BCUT2D eigenvalue weighted by molar-refractivity contribution is 5.78. The average Bonchev–Trinajstić information content (AvgIpc) is 2.05. The molecule has 1 saturated heterocycles. The fourth-order valence-electron chi connectivity index (χ4n) is 2.25. The molecule has 13 heavy (non-hydrogen) atoms. The van der Waals surface area contributed by atoms with Gasteiger partial charge >= 0.3 is 0 Å². The zero-order valence-electron chi connectivity index (χ0n) is 8.49. The van der Waals surface area contributed by atoms with Crippen molar-refractivity contribution < 1.29 is 4.79 Å². The second kappa shape index (κ2) is 3.29. The lowest BCUT2D eigenvalue weighted by molar-refractivity contribution is -0.136. The molecule has 2 aliphatic rings. The van der Waals surface area contributed by atoms with Crippen molar-refractivity contribution >= 4 is 5.91 Å². The van der Waals surface area contributed by atoms with Crippen LogP contribution in [0.2, 0.25) is 0 Å². The average molecular weight is 182 g/mol. The van der Waals surface area contributed by atoms with E-state index in [4.69, 9.17) is 0 Å². The van der Waals surface area contributed by atoms with Crippen molar-refractivity contribution in [3.8, 4) is 0 Å². The third-order valence-electron chi connectivity index (χ3n) is 3.35. The molecule has 0 atom stereocenters. The van der Waals surface area contributed by atoms with Crippen molar-refractivity contribution in [2.24, 2.45) is 5.92 Å². The van der Waals surface area contributed by atoms with E-state index >= 15 is 0 Å². The Bertz CT molecular complexity index is 211. The molecule has 1 aliphatic heterocycles. The van der Waals surface area contributed by atoms with Gasteiger partial charge in [-0.3, -0.25) is 9.69 Å². The first kappa shape index (κ1) is 9.00. The topological polar surface area (TPSA) is 23.6 Å². The van der Waals surface area contributed by atoms with E-state index in [0.29, 0.717) is 12.6 Å². The van der Waals surface area contributed by atoms with Gasteiger partial charge in [0.2, 0.25) is 5.91 Å². The van der Waals surface area contributed by atoms with Crippen LogP contribution in [0.25, 0.3) is 0 Å². The zero-order valence-corrected chi connectivity index (χ0v) is 8.49. The maximum atomic E-state index is 11.4. The molecule has 3 heteroatoms. The molecule has 1 amide bonds. The summed E-state index contributed by atoms with van der Waals surface area (Å²) in [6, 6.07) is 0.702. The van der Waals surface area contributed by atoms with E-state index in [1.54, 1.807) is 0 Å². The van der Waals surface area contributed by atoms with E-state index in [1.807, 2.05) is 11.9 Å². The molecule has 2 fully saturated rings. The van der Waals surface area contributed by atoms with Gasteiger partial charge in [-0.15, -0.1) is 0 Å². The number of amides is 1. The predicted molar refractivity (Wildman–Crippen MR) is 51.4 cm³/mol. The fraction of sp³-hybridized carbons (Fsp3) is 0.900. The van der Waals surface area contributed by atoms with Gasteiger partial charge in [-0.2, -0.15) is 0 Å². The summed E-state index contributed by atoms with van der Waals surface area (Å²) in [5, 5.41) is 0. The highest BCUT2D eigenvalue weighted by atomic mass is 16.2. The highest BCUT2D eigenvalue weighted by Gasteiger charge is 2.34. The number of nitrogens with zero attached hydrogens (tertiary/aromatic N) is 2. The van der Waals surface area contributed by atoms with Crippen LogP contribution in [0.3, 0.4) is 0 Å². The minimum Gasteiger partial charge on any atom is -0.343 e. The van der Waals surface area contributed by atoms with Crippen LogP contribution in [0.1, 0.15) is 19.8 Å². The smallest absolute Gasteiger partial charge is 0.236 e. The molecule has 0 radical (unpaired) electrons. The maximum Gasteiger partial charge on any atom is 0.236 e. The van der Waals surface area contributed by atoms with E-state index in [-0.39, 0.29) is 5.91 Å². The number of carbonyl (C=O) groups is 1.